The van der Waals surface area contributed by atoms with Gasteiger partial charge in [0, 0.05) is 135 Å². The number of carboxylic acid groups (broad SMARTS) is 7. The molecule has 13 aromatic rings. The molecule has 748 valence electrons. The molecule has 0 radical (unpaired) electrons. The molecule has 7 aromatic carbocycles. The summed E-state index contributed by atoms with van der Waals surface area (Å²) in [5.41, 5.74) is 4.40. The van der Waals surface area contributed by atoms with Gasteiger partial charge in [0.05, 0.1) is 5.56 Å². The summed E-state index contributed by atoms with van der Waals surface area (Å²) in [7, 11) is 1.67. The van der Waals surface area contributed by atoms with Gasteiger partial charge in [-0.25, -0.2) is 68.7 Å². The average Bonchev–Trinajstić information content (AvgIpc) is 1.47. The topological polar surface area (TPSA) is 432 Å². The zero-order valence-electron chi connectivity index (χ0n) is 78.9. The number of hydrogen-bond acceptors (Lipinski definition) is 14. The lowest BCUT2D eigenvalue weighted by Gasteiger charge is -2.17. The number of nitrogens with zero attached hydrogens (tertiary/aromatic N) is 4. The summed E-state index contributed by atoms with van der Waals surface area (Å²) in [6.07, 6.45) is 8.19. The molecule has 0 spiro atoms. The van der Waals surface area contributed by atoms with Crippen LogP contribution in [0.5, 0.6) is 0 Å². The van der Waals surface area contributed by atoms with Crippen molar-refractivity contribution in [3.63, 3.8) is 0 Å². The number of rotatable bonds is 17. The van der Waals surface area contributed by atoms with E-state index in [-0.39, 0.29) is 90.9 Å². The molecule has 0 bridgehead atoms. The number of carbonyl (C=O) groups is 8. The van der Waals surface area contributed by atoms with Gasteiger partial charge in [0.2, 0.25) is 38.4 Å². The van der Waals surface area contributed by atoms with Crippen LogP contribution in [0.15, 0.2) is 217 Å². The number of ketones is 1. The number of aromatic carboxylic acids is 6. The lowest BCUT2D eigenvalue weighted by atomic mass is 9.85. The highest BCUT2D eigenvalue weighted by Gasteiger charge is 2.35. The Hall–Kier alpha value is -17.1. The minimum Gasteiger partial charge on any atom is -0.478 e. The molecule has 9 N–H and O–H groups in total. The van der Waals surface area contributed by atoms with Crippen LogP contribution >= 0.6 is 0 Å². The van der Waals surface area contributed by atoms with Crippen molar-refractivity contribution in [3.8, 4) is 66.8 Å². The fraction of sp³-hybridized carbons (Fsp3) is 0.208. The summed E-state index contributed by atoms with van der Waals surface area (Å²) in [6, 6.07) is 28.3. The lowest BCUT2D eigenvalue weighted by Crippen LogP contribution is -2.26. The number of aromatic nitrogens is 6. The van der Waals surface area contributed by atoms with Crippen molar-refractivity contribution in [2.24, 2.45) is 7.05 Å². The van der Waals surface area contributed by atoms with E-state index >= 15 is 0 Å². The van der Waals surface area contributed by atoms with Gasteiger partial charge in [0.25, 0.3) is 0 Å². The Morgan fingerprint density at radius 2 is 0.667 bits per heavy atom. The third kappa shape index (κ3) is 25.0. The first-order chi connectivity index (χ1) is 67.5. The van der Waals surface area contributed by atoms with E-state index in [4.69, 9.17) is 25.5 Å². The third-order valence-corrected chi connectivity index (χ3v) is 23.7. The number of carboxylic acids is 7. The standard InChI is InChI=1S/C17H16FNO3.C16H14FNO3.C15H11F4NO3.2C15H14FNO3.C15H13FO3.C13H9F2NO3/c1-9-7-11(18)3-6-13(9)15-10(2)19(12-4-5-12)8-14(16(15)20)17(21)22;1-9-14(10-2-4-11(17)5-3-10)15(19)13(16(20)21)8-18(9)12-6-7-12;1-8-12(9-2-4-10(16)5-3-9)13(21)11(14(22)23)6-20(8)7-15(17,18)19;1-7-4-10(16)5-8(2)12(7)13-9(3)17-6-11(14(13)18)15(19)20;1-8-6-10(16)4-5-11(8)13-9(2)17(3)7-12(14(13)18)15(19)20;1-8-3-5-12(15(18)19)14(17)13(8)11-6-4-10(16)7-9(11)2;1-6-11(8-3-2-7(14)4-10(8)15)12(17)9(5-16-6)13(18)19/h3,6-8,12H,4-5H2,1-2H3,(H,21,22);2-5,8,12H,6-7H2,1H3,(H,20,21);2-6H,7H2,1H3,(H,22,23);4-6H,1-3H3,(H,17,18)(H,19,20);4-7H,1-3H3,(H,19,20);4-7H,3H2,1-2H3,(H,18,19);2-5H,1H3,(H,16,17)(H,18,19). The minimum atomic E-state index is -4.59. The number of alkyl halides is 3. The number of carbonyl (C=O) groups excluding carboxylic acids is 1. The first-order valence-electron chi connectivity index (χ1n) is 43.6. The molecule has 3 aliphatic rings. The molecule has 6 aromatic heterocycles. The summed E-state index contributed by atoms with van der Waals surface area (Å²) in [6.45, 7) is 18.6. The van der Waals surface area contributed by atoms with Crippen LogP contribution < -0.4 is 32.6 Å². The van der Waals surface area contributed by atoms with Crippen LogP contribution in [0.2, 0.25) is 0 Å². The molecule has 6 heterocycles. The van der Waals surface area contributed by atoms with Crippen molar-refractivity contribution >= 4 is 53.1 Å². The molecule has 27 nitrogen and oxygen atoms in total. The van der Waals surface area contributed by atoms with Crippen LogP contribution in [-0.4, -0.2) is 118 Å². The fourth-order valence-corrected chi connectivity index (χ4v) is 16.2. The van der Waals surface area contributed by atoms with Crippen molar-refractivity contribution in [2.45, 2.75) is 140 Å². The van der Waals surface area contributed by atoms with Gasteiger partial charge >= 0.3 is 48.0 Å². The molecular weight excluding hydrogens is 1900 g/mol. The summed E-state index contributed by atoms with van der Waals surface area (Å²) >= 11 is 0. The Labute approximate surface area is 810 Å². The number of aromatic amines is 2. The van der Waals surface area contributed by atoms with Gasteiger partial charge in [-0.05, 0) is 261 Å². The van der Waals surface area contributed by atoms with Gasteiger partial charge in [-0.15, -0.1) is 0 Å². The van der Waals surface area contributed by atoms with Crippen LogP contribution in [0.3, 0.4) is 0 Å². The summed E-state index contributed by atoms with van der Waals surface area (Å²) < 4.78 is 149. The normalized spacial score (nSPS) is 12.4. The molecule has 0 amide bonds. The number of allylic oxidation sites excluding steroid dienone is 3. The molecule has 2 fully saturated rings. The molecule has 2 saturated carbocycles. The predicted molar refractivity (Wildman–Crippen MR) is 511 cm³/mol. The second-order valence-electron chi connectivity index (χ2n) is 33.9. The first-order valence-corrected chi connectivity index (χ1v) is 43.6. The highest BCUT2D eigenvalue weighted by Crippen LogP contribution is 2.41. The van der Waals surface area contributed by atoms with Gasteiger partial charge in [0.15, 0.2) is 0 Å². The Morgan fingerprint density at radius 1 is 0.340 bits per heavy atom. The Morgan fingerprint density at radius 3 is 1.05 bits per heavy atom. The zero-order valence-corrected chi connectivity index (χ0v) is 78.9. The van der Waals surface area contributed by atoms with Crippen molar-refractivity contribution in [1.29, 1.82) is 0 Å². The zero-order chi connectivity index (χ0) is 107. The van der Waals surface area contributed by atoms with Gasteiger partial charge in [-0.3, -0.25) is 33.6 Å². The molecule has 0 saturated heterocycles. The van der Waals surface area contributed by atoms with E-state index < -0.39 is 133 Å². The number of aliphatic carboxylic acids is 1. The maximum absolute atomic E-state index is 13.7. The number of H-pyrrole nitrogens is 2. The second kappa shape index (κ2) is 45.0. The summed E-state index contributed by atoms with van der Waals surface area (Å²) in [4.78, 5) is 169. The van der Waals surface area contributed by atoms with E-state index in [1.807, 2.05) is 16.1 Å². The summed E-state index contributed by atoms with van der Waals surface area (Å²) in [5.74, 6) is -14.0. The van der Waals surface area contributed by atoms with Crippen LogP contribution in [-0.2, 0) is 23.2 Å². The molecule has 0 atom stereocenters. The van der Waals surface area contributed by atoms with E-state index in [0.717, 1.165) is 73.1 Å². The quantitative estimate of drug-likeness (QED) is 0.0302. The molecule has 38 heteroatoms. The molecule has 144 heavy (non-hydrogen) atoms. The highest BCUT2D eigenvalue weighted by molar-refractivity contribution is 6.38. The van der Waals surface area contributed by atoms with Crippen molar-refractivity contribution in [1.82, 2.24) is 28.2 Å². The van der Waals surface area contributed by atoms with E-state index in [1.54, 1.807) is 73.9 Å². The van der Waals surface area contributed by atoms with Crippen molar-refractivity contribution in [3.05, 3.63) is 397 Å². The highest BCUT2D eigenvalue weighted by atomic mass is 19.4. The van der Waals surface area contributed by atoms with Gasteiger partial charge in [0.1, 0.15) is 92.0 Å². The minimum absolute atomic E-state index is 0.0519. The van der Waals surface area contributed by atoms with Crippen LogP contribution in [0, 0.1) is 123 Å². The number of halogens is 11. The first kappa shape index (κ1) is 109. The third-order valence-electron chi connectivity index (χ3n) is 23.7. The van der Waals surface area contributed by atoms with Crippen molar-refractivity contribution < 1.29 is 122 Å². The second-order valence-corrected chi connectivity index (χ2v) is 33.9. The molecular formula is C106H91F11N6O21. The number of pyridine rings is 6. The average molecular weight is 1990 g/mol. The Bertz CT molecular complexity index is 7850. The number of nitrogens with one attached hydrogen (secondary N) is 2. The molecule has 3 aliphatic carbocycles. The number of aryl methyl sites for hydroxylation is 8. The van der Waals surface area contributed by atoms with Crippen LogP contribution in [0.1, 0.15) is 181 Å². The molecule has 16 rings (SSSR count). The maximum atomic E-state index is 13.7. The van der Waals surface area contributed by atoms with E-state index in [0.29, 0.717) is 118 Å². The summed E-state index contributed by atoms with van der Waals surface area (Å²) in [5, 5.41) is 63.6. The van der Waals surface area contributed by atoms with E-state index in [1.165, 1.54) is 148 Å². The largest absolute Gasteiger partial charge is 0.478 e. The molecule has 0 aliphatic heterocycles. The number of Topliss-reactive ketones (excluding diaryl/α,β-unsaturated/α-hetero) is 1. The van der Waals surface area contributed by atoms with Gasteiger partial charge < -0.3 is 64.0 Å². The van der Waals surface area contributed by atoms with Gasteiger partial charge in [-0.1, -0.05) is 54.1 Å². The number of benzene rings is 7. The Balaban J connectivity index is 0.000000173. The fourth-order valence-electron chi connectivity index (χ4n) is 16.2. The Kier molecular flexibility index (Phi) is 34.0. The molecule has 0 unspecified atom stereocenters. The van der Waals surface area contributed by atoms with Crippen LogP contribution in [0.4, 0.5) is 48.3 Å². The smallest absolute Gasteiger partial charge is 0.406 e. The van der Waals surface area contributed by atoms with Gasteiger partial charge in [-0.2, -0.15) is 13.2 Å². The SMILES string of the molecule is CC1=C(c2ccc(F)cc2C)C(=O)C(C(=O)O)=CC1.Cc1[nH]cc(C(=O)O)c(=O)c1-c1ccc(F)cc1F.Cc1c(-c2ccc(F)cc2)c(=O)c(C(=O)O)cn1C1CC1.Cc1c(-c2ccc(F)cc2)c(=O)c(C(=O)O)cn1CC(F)(F)F.Cc1cc(F)cc(C)c1-c1c(C)[nH]cc(C(=O)O)c1=O.Cc1cc(F)ccc1-c1c(C)n(C)cc(C(=O)O)c1=O.Cc1cc(F)ccc1-c1c(C)n(C2CC2)cc(C(=O)O)c1=O. The van der Waals surface area contributed by atoms with E-state index in [9.17, 15) is 126 Å². The lowest BCUT2D eigenvalue weighted by molar-refractivity contribution is -0.141. The monoisotopic (exact) mass is 1990 g/mol. The predicted octanol–water partition coefficient (Wildman–Crippen LogP) is 20.1. The maximum Gasteiger partial charge on any atom is 0.406 e. The number of hydrogen-bond donors (Lipinski definition) is 9. The van der Waals surface area contributed by atoms with Crippen LogP contribution in [0.25, 0.3) is 72.3 Å². The van der Waals surface area contributed by atoms with E-state index in [2.05, 4.69) is 9.97 Å². The van der Waals surface area contributed by atoms with Crippen molar-refractivity contribution in [2.75, 3.05) is 0 Å².